The van der Waals surface area contributed by atoms with Crippen molar-refractivity contribution in [1.29, 1.82) is 0 Å². The second-order valence-corrected chi connectivity index (χ2v) is 12.9. The number of carbonyl (C=O) groups is 1. The molecule has 2 aliphatic heterocycles. The number of amides is 1. The summed E-state index contributed by atoms with van der Waals surface area (Å²) < 4.78 is 21.5. The van der Waals surface area contributed by atoms with E-state index in [-0.39, 0.29) is 18.3 Å². The summed E-state index contributed by atoms with van der Waals surface area (Å²) in [5.74, 6) is 0.341. The molecular weight excluding hydrogens is 597 g/mol. The van der Waals surface area contributed by atoms with Gasteiger partial charge in [0.1, 0.15) is 18.2 Å². The highest BCUT2D eigenvalue weighted by atomic mass is 35.5. The second-order valence-electron chi connectivity index (χ2n) is 10.8. The molecule has 2 aliphatic rings. The van der Waals surface area contributed by atoms with E-state index in [4.69, 9.17) is 26.3 Å². The lowest BCUT2D eigenvalue weighted by Crippen LogP contribution is -2.47. The van der Waals surface area contributed by atoms with Crippen molar-refractivity contribution in [3.8, 4) is 5.75 Å². The topological polar surface area (TPSA) is 63.0 Å². The van der Waals surface area contributed by atoms with Gasteiger partial charge in [-0.05, 0) is 65.4 Å². The Balaban J connectivity index is 1.28. The standard InChI is InChI=1S/C34H33ClFN5O2S/c1-39-14-16-40(17-15-39)32(42)13-19-44-18-12-29-33(37-24-41(34(29)44)22-25-6-3-2-4-7-25)38-28-10-11-31(30(35)21-28)43-23-26-8-5-9-27(36)20-26/h2-12,18-21,24H,13-17,22-23H2,1H3. The van der Waals surface area contributed by atoms with Gasteiger partial charge in [-0.15, -0.1) is 10.5 Å². The van der Waals surface area contributed by atoms with E-state index in [1.165, 1.54) is 12.1 Å². The second kappa shape index (κ2) is 13.7. The molecule has 1 amide bonds. The Morgan fingerprint density at radius 3 is 2.61 bits per heavy atom. The maximum absolute atomic E-state index is 13.5. The Bertz CT molecular complexity index is 1800. The van der Waals surface area contributed by atoms with Gasteiger partial charge in [-0.1, -0.05) is 54.1 Å². The van der Waals surface area contributed by atoms with Crippen LogP contribution in [0.15, 0.2) is 94.6 Å². The molecule has 1 saturated heterocycles. The number of carbonyl (C=O) groups excluding carboxylic acids is 1. The molecule has 0 saturated carbocycles. The third-order valence-corrected chi connectivity index (χ3v) is 9.73. The van der Waals surface area contributed by atoms with Gasteiger partial charge >= 0.3 is 0 Å². The number of rotatable bonds is 8. The first-order chi connectivity index (χ1) is 21.4. The monoisotopic (exact) mass is 629 g/mol. The summed E-state index contributed by atoms with van der Waals surface area (Å²) in [6, 6.07) is 21.9. The number of benzene rings is 3. The minimum Gasteiger partial charge on any atom is -0.487 e. The van der Waals surface area contributed by atoms with Crippen molar-refractivity contribution < 1.29 is 13.9 Å². The van der Waals surface area contributed by atoms with Gasteiger partial charge in [-0.3, -0.25) is 4.79 Å². The minimum absolute atomic E-state index is 0.162. The first-order valence-electron chi connectivity index (χ1n) is 14.5. The Labute approximate surface area is 263 Å². The highest BCUT2D eigenvalue weighted by molar-refractivity contribution is 8.18. The zero-order valence-electron chi connectivity index (χ0n) is 24.4. The fourth-order valence-electron chi connectivity index (χ4n) is 5.16. The van der Waals surface area contributed by atoms with Crippen LogP contribution in [0.5, 0.6) is 5.75 Å². The molecule has 0 spiro atoms. The number of hydrogen-bond acceptors (Lipinski definition) is 5. The molecule has 1 atom stereocenters. The van der Waals surface area contributed by atoms with Crippen molar-refractivity contribution in [1.82, 2.24) is 19.4 Å². The molecule has 44 heavy (non-hydrogen) atoms. The van der Waals surface area contributed by atoms with Gasteiger partial charge in [0.15, 0.2) is 5.49 Å². The van der Waals surface area contributed by atoms with Crippen LogP contribution in [-0.2, 0) is 17.9 Å². The number of fused-ring (bicyclic) bond motifs is 1. The minimum atomic E-state index is -0.392. The van der Waals surface area contributed by atoms with Crippen LogP contribution in [0.4, 0.5) is 10.1 Å². The van der Waals surface area contributed by atoms with Gasteiger partial charge in [0.25, 0.3) is 0 Å². The molecule has 0 N–H and O–H groups in total. The van der Waals surface area contributed by atoms with E-state index < -0.39 is 10.5 Å². The van der Waals surface area contributed by atoms with Crippen molar-refractivity contribution in [2.45, 2.75) is 24.6 Å². The van der Waals surface area contributed by atoms with Crippen LogP contribution in [-0.4, -0.2) is 63.9 Å². The molecule has 0 aliphatic carbocycles. The Hall–Kier alpha value is -4.05. The summed E-state index contributed by atoms with van der Waals surface area (Å²) in [7, 11) is 1.69. The summed E-state index contributed by atoms with van der Waals surface area (Å²) in [5.41, 5.74) is 4.03. The van der Waals surface area contributed by atoms with Crippen molar-refractivity contribution in [3.05, 3.63) is 118 Å². The smallest absolute Gasteiger partial charge is 0.226 e. The predicted octanol–water partition coefficient (Wildman–Crippen LogP) is 6.11. The summed E-state index contributed by atoms with van der Waals surface area (Å²) >= 11 is 6.55. The zero-order valence-corrected chi connectivity index (χ0v) is 26.0. The zero-order chi connectivity index (χ0) is 30.5. The van der Waals surface area contributed by atoms with E-state index in [0.717, 1.165) is 42.3 Å². The molecular formula is C34H33ClFN5O2S. The maximum Gasteiger partial charge on any atom is 0.226 e. The van der Waals surface area contributed by atoms with E-state index in [9.17, 15) is 9.18 Å². The molecule has 4 aromatic rings. The van der Waals surface area contributed by atoms with Crippen LogP contribution in [0.3, 0.4) is 0 Å². The van der Waals surface area contributed by atoms with Gasteiger partial charge in [0.05, 0.1) is 28.5 Å². The Morgan fingerprint density at radius 2 is 1.84 bits per heavy atom. The summed E-state index contributed by atoms with van der Waals surface area (Å²) in [6.07, 6.45) is 4.26. The molecule has 1 fully saturated rings. The molecule has 1 aromatic heterocycles. The summed E-state index contributed by atoms with van der Waals surface area (Å²) in [6.45, 7) is 4.19. The van der Waals surface area contributed by atoms with Gasteiger partial charge in [0, 0.05) is 38.3 Å². The molecule has 3 aromatic carbocycles. The van der Waals surface area contributed by atoms with Crippen molar-refractivity contribution in [3.63, 3.8) is 0 Å². The lowest BCUT2D eigenvalue weighted by Gasteiger charge is -2.32. The van der Waals surface area contributed by atoms with E-state index in [1.54, 1.807) is 24.3 Å². The van der Waals surface area contributed by atoms with Crippen LogP contribution >= 0.6 is 22.1 Å². The van der Waals surface area contributed by atoms with Crippen LogP contribution < -0.4 is 10.2 Å². The molecule has 0 bridgehead atoms. The molecule has 7 nitrogen and oxygen atoms in total. The molecule has 3 heterocycles. The number of aromatic nitrogens is 2. The van der Waals surface area contributed by atoms with Gasteiger partial charge in [0.2, 0.25) is 5.91 Å². The predicted molar refractivity (Wildman–Crippen MR) is 175 cm³/mol. The summed E-state index contributed by atoms with van der Waals surface area (Å²) in [5, 5.41) is 5.74. The number of nitrogens with zero attached hydrogens (tertiary/aromatic N) is 5. The third kappa shape index (κ3) is 7.18. The largest absolute Gasteiger partial charge is 0.487 e. The maximum atomic E-state index is 13.5. The third-order valence-electron chi connectivity index (χ3n) is 7.58. The number of ether oxygens (including phenoxy) is 1. The first kappa shape index (κ1) is 30.0. The van der Waals surface area contributed by atoms with E-state index >= 15 is 0 Å². The fraction of sp³-hybridized carbons (Fsp3) is 0.235. The molecule has 6 rings (SSSR count). The number of piperazine rings is 1. The van der Waals surface area contributed by atoms with Crippen LogP contribution in [0.1, 0.15) is 23.1 Å². The van der Waals surface area contributed by atoms with Crippen molar-refractivity contribution in [2.75, 3.05) is 33.2 Å². The van der Waals surface area contributed by atoms with Crippen molar-refractivity contribution >= 4 is 45.1 Å². The molecule has 226 valence electrons. The molecule has 1 unspecified atom stereocenters. The highest BCUT2D eigenvalue weighted by Gasteiger charge is 2.21. The van der Waals surface area contributed by atoms with Crippen LogP contribution in [0.25, 0.3) is 6.08 Å². The quantitative estimate of drug-likeness (QED) is 0.174. The average Bonchev–Trinajstić information content (AvgIpc) is 3.46. The molecule has 10 heteroatoms. The Morgan fingerprint density at radius 1 is 1.05 bits per heavy atom. The van der Waals surface area contributed by atoms with Crippen LogP contribution in [0.2, 0.25) is 5.02 Å². The Kier molecular flexibility index (Phi) is 9.35. The SMILES string of the molecule is CN1CCN(C(=O)CC=S2C=Cc3c2n(Cc2ccccc2)cnc3=Nc2ccc(OCc3cccc(F)c3)c(Cl)c2)CC1. The van der Waals surface area contributed by atoms with Gasteiger partial charge in [-0.2, -0.15) is 0 Å². The summed E-state index contributed by atoms with van der Waals surface area (Å²) in [4.78, 5) is 26.8. The number of likely N-dealkylation sites (N-methyl/N-ethyl adjacent to an activating group) is 1. The highest BCUT2D eigenvalue weighted by Crippen LogP contribution is 2.37. The van der Waals surface area contributed by atoms with Crippen LogP contribution in [0, 0.1) is 5.82 Å². The number of hydrogen-bond donors (Lipinski definition) is 0. The van der Waals surface area contributed by atoms with Gasteiger partial charge in [-0.25, -0.2) is 14.4 Å². The lowest BCUT2D eigenvalue weighted by atomic mass is 10.2. The average molecular weight is 630 g/mol. The normalized spacial score (nSPS) is 16.8. The molecule has 0 radical (unpaired) electrons. The first-order valence-corrected chi connectivity index (χ1v) is 16.2. The van der Waals surface area contributed by atoms with E-state index in [1.807, 2.05) is 35.5 Å². The van der Waals surface area contributed by atoms with Gasteiger partial charge < -0.3 is 19.1 Å². The van der Waals surface area contributed by atoms with E-state index in [0.29, 0.717) is 40.5 Å². The van der Waals surface area contributed by atoms with E-state index in [2.05, 4.69) is 45.5 Å². The number of halogens is 2. The lowest BCUT2D eigenvalue weighted by molar-refractivity contribution is -0.131. The fourth-order valence-corrected chi connectivity index (χ4v) is 7.19. The van der Waals surface area contributed by atoms with Crippen molar-refractivity contribution in [2.24, 2.45) is 4.99 Å².